The van der Waals surface area contributed by atoms with Crippen LogP contribution in [-0.2, 0) is 23.7 Å². The van der Waals surface area contributed by atoms with Crippen molar-refractivity contribution in [3.63, 3.8) is 0 Å². The van der Waals surface area contributed by atoms with Crippen molar-refractivity contribution in [2.45, 2.75) is 58.7 Å². The van der Waals surface area contributed by atoms with Crippen molar-refractivity contribution in [1.82, 2.24) is 0 Å². The monoisotopic (exact) mass is 436 g/mol. The van der Waals surface area contributed by atoms with E-state index in [0.717, 1.165) is 5.56 Å². The zero-order valence-corrected chi connectivity index (χ0v) is 17.0. The minimum atomic E-state index is -4.92. The van der Waals surface area contributed by atoms with Crippen molar-refractivity contribution in [1.29, 1.82) is 0 Å². The van der Waals surface area contributed by atoms with E-state index in [1.165, 1.54) is 12.1 Å². The van der Waals surface area contributed by atoms with Gasteiger partial charge in [0, 0.05) is 5.92 Å². The summed E-state index contributed by atoms with van der Waals surface area (Å²) < 4.78 is 97.5. The van der Waals surface area contributed by atoms with E-state index in [1.807, 2.05) is 27.7 Å². The fourth-order valence-corrected chi connectivity index (χ4v) is 3.37. The van der Waals surface area contributed by atoms with Crippen molar-refractivity contribution in [3.05, 3.63) is 70.5 Å². The Morgan fingerprint density at radius 1 is 0.800 bits per heavy atom. The topological polar surface area (TPSA) is 9.23 Å². The Morgan fingerprint density at radius 2 is 1.27 bits per heavy atom. The highest BCUT2D eigenvalue weighted by molar-refractivity contribution is 5.33. The van der Waals surface area contributed by atoms with Crippen molar-refractivity contribution >= 4 is 0 Å². The molecule has 0 heterocycles. The van der Waals surface area contributed by atoms with Gasteiger partial charge in [0.25, 0.3) is 0 Å². The van der Waals surface area contributed by atoms with Gasteiger partial charge in [-0.15, -0.1) is 0 Å². The minimum Gasteiger partial charge on any atom is -0.372 e. The summed E-state index contributed by atoms with van der Waals surface area (Å²) in [5.41, 5.74) is -2.72. The Hall–Kier alpha value is -2.09. The summed E-state index contributed by atoms with van der Waals surface area (Å²) in [6.45, 7) is 6.94. The molecule has 166 valence electrons. The molecule has 2 rings (SSSR count). The Balaban J connectivity index is 2.34. The second-order valence-electron chi connectivity index (χ2n) is 8.35. The van der Waals surface area contributed by atoms with Gasteiger partial charge in [-0.05, 0) is 46.9 Å². The van der Waals surface area contributed by atoms with E-state index >= 15 is 0 Å². The summed E-state index contributed by atoms with van der Waals surface area (Å²) in [5.74, 6) is -0.693. The molecule has 30 heavy (non-hydrogen) atoms. The van der Waals surface area contributed by atoms with Gasteiger partial charge < -0.3 is 4.74 Å². The van der Waals surface area contributed by atoms with Crippen LogP contribution in [0.1, 0.15) is 55.9 Å². The van der Waals surface area contributed by atoms with Crippen LogP contribution in [-0.4, -0.2) is 6.10 Å². The maximum Gasteiger partial charge on any atom is 0.416 e. The second kappa shape index (κ2) is 8.57. The number of rotatable bonds is 5. The van der Waals surface area contributed by atoms with Crippen LogP contribution in [0.5, 0.6) is 0 Å². The predicted molar refractivity (Wildman–Crippen MR) is 99.3 cm³/mol. The molecule has 0 bridgehead atoms. The van der Waals surface area contributed by atoms with Crippen LogP contribution in [0.15, 0.2) is 42.5 Å². The molecule has 2 aromatic rings. The zero-order chi connectivity index (χ0) is 22.9. The highest BCUT2D eigenvalue weighted by atomic mass is 19.4. The van der Waals surface area contributed by atoms with Crippen molar-refractivity contribution in [3.8, 4) is 0 Å². The summed E-state index contributed by atoms with van der Waals surface area (Å²) in [4.78, 5) is 0. The highest BCUT2D eigenvalue weighted by Gasteiger charge is 2.37. The fraction of sp³-hybridized carbons (Fsp3) is 0.455. The van der Waals surface area contributed by atoms with Gasteiger partial charge in [-0.2, -0.15) is 26.3 Å². The fourth-order valence-electron chi connectivity index (χ4n) is 3.37. The minimum absolute atomic E-state index is 0.0892. The first-order chi connectivity index (χ1) is 13.6. The van der Waals surface area contributed by atoms with E-state index < -0.39 is 47.4 Å². The molecule has 0 aliphatic rings. The molecule has 2 atom stereocenters. The van der Waals surface area contributed by atoms with Crippen LogP contribution in [0.3, 0.4) is 0 Å². The van der Waals surface area contributed by atoms with Crippen LogP contribution in [0.4, 0.5) is 30.7 Å². The quantitative estimate of drug-likeness (QED) is 0.439. The molecule has 0 saturated heterocycles. The number of ether oxygens (including phenoxy) is 1. The van der Waals surface area contributed by atoms with Gasteiger partial charge >= 0.3 is 12.4 Å². The van der Waals surface area contributed by atoms with Gasteiger partial charge in [0.2, 0.25) is 0 Å². The van der Waals surface area contributed by atoms with E-state index in [1.54, 1.807) is 12.1 Å². The van der Waals surface area contributed by atoms with Crippen LogP contribution in [0.2, 0.25) is 0 Å². The van der Waals surface area contributed by atoms with Gasteiger partial charge in [-0.25, -0.2) is 4.39 Å². The van der Waals surface area contributed by atoms with Gasteiger partial charge in [0.15, 0.2) is 0 Å². The van der Waals surface area contributed by atoms with Crippen LogP contribution in [0.25, 0.3) is 0 Å². The first-order valence-corrected chi connectivity index (χ1v) is 9.24. The van der Waals surface area contributed by atoms with Crippen LogP contribution < -0.4 is 0 Å². The summed E-state index contributed by atoms with van der Waals surface area (Å²) >= 11 is 0. The van der Waals surface area contributed by atoms with E-state index in [4.69, 9.17) is 4.74 Å². The molecule has 0 fully saturated rings. The molecule has 2 unspecified atom stereocenters. The SMILES string of the molecule is CC(c1ccc(F)cc1)C(OCc1cc(C(F)(F)F)cc(C(F)(F)F)c1)C(C)(C)C. The Morgan fingerprint density at radius 3 is 1.67 bits per heavy atom. The molecular formula is C22H23F7O. The Labute approximate surface area is 170 Å². The summed E-state index contributed by atoms with van der Waals surface area (Å²) in [5, 5.41) is 0. The summed E-state index contributed by atoms with van der Waals surface area (Å²) in [7, 11) is 0. The Bertz CT molecular complexity index is 814. The van der Waals surface area contributed by atoms with E-state index in [0.29, 0.717) is 12.1 Å². The number of halogens is 7. The average Bonchev–Trinajstić information content (AvgIpc) is 2.59. The van der Waals surface area contributed by atoms with E-state index in [-0.39, 0.29) is 17.5 Å². The first kappa shape index (κ1) is 24.2. The smallest absolute Gasteiger partial charge is 0.372 e. The van der Waals surface area contributed by atoms with Crippen LogP contribution >= 0.6 is 0 Å². The molecule has 0 radical (unpaired) electrons. The van der Waals surface area contributed by atoms with Crippen molar-refractivity contribution in [2.75, 3.05) is 0 Å². The molecule has 0 spiro atoms. The lowest BCUT2D eigenvalue weighted by Gasteiger charge is -2.36. The third kappa shape index (κ3) is 6.20. The van der Waals surface area contributed by atoms with Crippen molar-refractivity contribution in [2.24, 2.45) is 5.41 Å². The second-order valence-corrected chi connectivity index (χ2v) is 8.35. The van der Waals surface area contributed by atoms with Crippen molar-refractivity contribution < 1.29 is 35.5 Å². The number of benzene rings is 2. The largest absolute Gasteiger partial charge is 0.416 e. The molecule has 8 heteroatoms. The maximum atomic E-state index is 13.2. The molecule has 1 nitrogen and oxygen atoms in total. The number of hydrogen-bond acceptors (Lipinski definition) is 1. The zero-order valence-electron chi connectivity index (χ0n) is 17.0. The van der Waals surface area contributed by atoms with Gasteiger partial charge in [0.05, 0.1) is 23.8 Å². The van der Waals surface area contributed by atoms with Gasteiger partial charge in [0.1, 0.15) is 5.82 Å². The number of alkyl halides is 6. The lowest BCUT2D eigenvalue weighted by atomic mass is 9.79. The van der Waals surface area contributed by atoms with Gasteiger partial charge in [-0.1, -0.05) is 39.8 Å². The lowest BCUT2D eigenvalue weighted by molar-refractivity contribution is -0.143. The molecule has 0 aromatic heterocycles. The highest BCUT2D eigenvalue weighted by Crippen LogP contribution is 2.38. The van der Waals surface area contributed by atoms with Crippen LogP contribution in [0, 0.1) is 11.2 Å². The number of hydrogen-bond donors (Lipinski definition) is 0. The maximum absolute atomic E-state index is 13.2. The van der Waals surface area contributed by atoms with E-state index in [2.05, 4.69) is 0 Å². The first-order valence-electron chi connectivity index (χ1n) is 9.24. The molecule has 0 saturated carbocycles. The average molecular weight is 436 g/mol. The molecule has 0 aliphatic heterocycles. The third-order valence-corrected chi connectivity index (χ3v) is 4.78. The molecule has 2 aromatic carbocycles. The standard InChI is InChI=1S/C22H23F7O/c1-13(15-5-7-18(23)8-6-15)19(20(2,3)4)30-12-14-9-16(21(24,25)26)11-17(10-14)22(27,28)29/h5-11,13,19H,12H2,1-4H3. The predicted octanol–water partition coefficient (Wildman–Crippen LogP) is 7.60. The molecule has 0 aliphatic carbocycles. The summed E-state index contributed by atoms with van der Waals surface area (Å²) in [6.07, 6.45) is -10.4. The summed E-state index contributed by atoms with van der Waals surface area (Å²) in [6, 6.07) is 7.14. The van der Waals surface area contributed by atoms with Gasteiger partial charge in [-0.3, -0.25) is 0 Å². The molecular weight excluding hydrogens is 413 g/mol. The lowest BCUT2D eigenvalue weighted by Crippen LogP contribution is -2.34. The normalized spacial score (nSPS) is 15.2. The molecule has 0 amide bonds. The Kier molecular flexibility index (Phi) is 6.91. The third-order valence-electron chi connectivity index (χ3n) is 4.78. The van der Waals surface area contributed by atoms with E-state index in [9.17, 15) is 30.7 Å². The molecule has 0 N–H and O–H groups in total.